The maximum atomic E-state index is 12.6. The van der Waals surface area contributed by atoms with E-state index < -0.39 is 27.2 Å². The molecule has 0 aliphatic carbocycles. The van der Waals surface area contributed by atoms with Gasteiger partial charge in [-0.2, -0.15) is 13.9 Å². The van der Waals surface area contributed by atoms with Crippen LogP contribution in [0.15, 0.2) is 76.7 Å². The molecule has 0 heterocycles. The van der Waals surface area contributed by atoms with E-state index >= 15 is 0 Å². The number of anilines is 2. The summed E-state index contributed by atoms with van der Waals surface area (Å²) in [6, 6.07) is 14.9. The molecule has 0 saturated carbocycles. The molecular formula is C20H15ClF2N4O5S. The molecule has 0 amide bonds. The normalized spacial score (nSPS) is 11.5. The highest BCUT2D eigenvalue weighted by Gasteiger charge is 2.21. The summed E-state index contributed by atoms with van der Waals surface area (Å²) in [4.78, 5) is 10.3. The number of benzene rings is 3. The molecule has 0 aromatic heterocycles. The van der Waals surface area contributed by atoms with Gasteiger partial charge in [0.25, 0.3) is 15.7 Å². The van der Waals surface area contributed by atoms with Gasteiger partial charge in [-0.3, -0.25) is 20.3 Å². The minimum absolute atomic E-state index is 0.120. The van der Waals surface area contributed by atoms with Crippen LogP contribution in [0.4, 0.5) is 25.8 Å². The lowest BCUT2D eigenvalue weighted by atomic mass is 10.2. The van der Waals surface area contributed by atoms with Crippen LogP contribution in [0.2, 0.25) is 5.02 Å². The number of hydrogen-bond acceptors (Lipinski definition) is 7. The van der Waals surface area contributed by atoms with Gasteiger partial charge >= 0.3 is 6.61 Å². The minimum atomic E-state index is -4.15. The second-order valence-corrected chi connectivity index (χ2v) is 8.46. The molecule has 9 nitrogen and oxygen atoms in total. The zero-order chi connectivity index (χ0) is 24.0. The second kappa shape index (κ2) is 10.2. The maximum absolute atomic E-state index is 12.6. The molecule has 0 unspecified atom stereocenters. The van der Waals surface area contributed by atoms with Crippen LogP contribution >= 0.6 is 11.6 Å². The first-order valence-corrected chi connectivity index (χ1v) is 10.9. The number of para-hydroxylation sites is 1. The first kappa shape index (κ1) is 23.9. The molecule has 3 aromatic rings. The molecule has 2 N–H and O–H groups in total. The zero-order valence-electron chi connectivity index (χ0n) is 16.5. The van der Waals surface area contributed by atoms with Gasteiger partial charge in [0, 0.05) is 16.7 Å². The fraction of sp³-hybridized carbons (Fsp3) is 0.0500. The van der Waals surface area contributed by atoms with E-state index in [0.717, 1.165) is 24.4 Å². The van der Waals surface area contributed by atoms with E-state index in [2.05, 4.69) is 20.0 Å². The van der Waals surface area contributed by atoms with Crippen molar-refractivity contribution in [3.8, 4) is 5.75 Å². The Kier molecular flexibility index (Phi) is 7.41. The van der Waals surface area contributed by atoms with E-state index in [9.17, 15) is 27.3 Å². The second-order valence-electron chi connectivity index (χ2n) is 6.34. The number of nitrogens with one attached hydrogen (secondary N) is 2. The Balaban J connectivity index is 1.84. The molecule has 0 atom stereocenters. The first-order chi connectivity index (χ1) is 15.7. The van der Waals surface area contributed by atoms with Crippen molar-refractivity contribution in [2.75, 3.05) is 10.1 Å². The predicted octanol–water partition coefficient (Wildman–Crippen LogP) is 5.10. The number of halogens is 3. The number of ether oxygens (including phenoxy) is 1. The predicted molar refractivity (Wildman–Crippen MR) is 120 cm³/mol. The summed E-state index contributed by atoms with van der Waals surface area (Å²) >= 11 is 5.84. The van der Waals surface area contributed by atoms with Gasteiger partial charge in [0.2, 0.25) is 0 Å². The third-order valence-corrected chi connectivity index (χ3v) is 5.69. The summed E-state index contributed by atoms with van der Waals surface area (Å²) in [6.07, 6.45) is 1.13. The fourth-order valence-electron chi connectivity index (χ4n) is 2.65. The average Bonchev–Trinajstić information content (AvgIpc) is 2.74. The van der Waals surface area contributed by atoms with Crippen LogP contribution in [-0.4, -0.2) is 26.2 Å². The lowest BCUT2D eigenvalue weighted by molar-refractivity contribution is -0.384. The number of nitrogens with zero attached hydrogens (tertiary/aromatic N) is 2. The first-order valence-electron chi connectivity index (χ1n) is 9.05. The van der Waals surface area contributed by atoms with Gasteiger partial charge in [-0.15, -0.1) is 0 Å². The molecule has 0 aliphatic rings. The zero-order valence-corrected chi connectivity index (χ0v) is 18.1. The van der Waals surface area contributed by atoms with Crippen LogP contribution in [-0.2, 0) is 10.0 Å². The summed E-state index contributed by atoms with van der Waals surface area (Å²) in [5.41, 5.74) is 2.09. The Morgan fingerprint density at radius 1 is 1.09 bits per heavy atom. The Morgan fingerprint density at radius 3 is 2.55 bits per heavy atom. The van der Waals surface area contributed by atoms with E-state index in [-0.39, 0.29) is 27.6 Å². The summed E-state index contributed by atoms with van der Waals surface area (Å²) < 4.78 is 56.9. The highest BCUT2D eigenvalue weighted by molar-refractivity contribution is 7.92. The van der Waals surface area contributed by atoms with Gasteiger partial charge in [0.1, 0.15) is 11.4 Å². The van der Waals surface area contributed by atoms with Crippen molar-refractivity contribution < 1.29 is 26.9 Å². The number of alkyl halides is 2. The largest absolute Gasteiger partial charge is 0.434 e. The number of nitro benzene ring substituents is 1. The Hall–Kier alpha value is -3.77. The van der Waals surface area contributed by atoms with Gasteiger partial charge in [-0.05, 0) is 42.5 Å². The molecule has 3 aromatic carbocycles. The summed E-state index contributed by atoms with van der Waals surface area (Å²) in [6.45, 7) is -3.04. The lowest BCUT2D eigenvalue weighted by Gasteiger charge is -2.10. The van der Waals surface area contributed by atoms with Crippen molar-refractivity contribution in [3.05, 3.63) is 87.4 Å². The van der Waals surface area contributed by atoms with Gasteiger partial charge in [0.15, 0.2) is 0 Å². The van der Waals surface area contributed by atoms with Crippen LogP contribution < -0.4 is 14.9 Å². The molecule has 13 heteroatoms. The third kappa shape index (κ3) is 6.37. The lowest BCUT2D eigenvalue weighted by Crippen LogP contribution is -2.13. The van der Waals surface area contributed by atoms with Gasteiger partial charge in [-0.25, -0.2) is 8.42 Å². The van der Waals surface area contributed by atoms with Crippen molar-refractivity contribution in [1.29, 1.82) is 0 Å². The van der Waals surface area contributed by atoms with Crippen LogP contribution in [0.3, 0.4) is 0 Å². The van der Waals surface area contributed by atoms with Crippen molar-refractivity contribution in [2.45, 2.75) is 11.5 Å². The molecule has 0 aliphatic heterocycles. The van der Waals surface area contributed by atoms with Crippen molar-refractivity contribution in [2.24, 2.45) is 5.10 Å². The minimum Gasteiger partial charge on any atom is -0.434 e. The standard InChI is InChI=1S/C20H15ClF2N4O5S/c21-14-5-3-6-15(10-14)26-33(30,31)16-8-9-17(18(11-16)27(28)29)25-24-12-13-4-1-2-7-19(13)32-20(22)23/h1-12,20,25-26H. The van der Waals surface area contributed by atoms with Crippen LogP contribution in [0.1, 0.15) is 5.56 Å². The molecule has 0 saturated heterocycles. The highest BCUT2D eigenvalue weighted by atomic mass is 35.5. The quantitative estimate of drug-likeness (QED) is 0.241. The van der Waals surface area contributed by atoms with Crippen LogP contribution in [0.5, 0.6) is 5.75 Å². The maximum Gasteiger partial charge on any atom is 0.387 e. The number of nitro groups is 1. The van der Waals surface area contributed by atoms with Crippen molar-refractivity contribution >= 4 is 44.9 Å². The highest BCUT2D eigenvalue weighted by Crippen LogP contribution is 2.29. The molecule has 3 rings (SSSR count). The summed E-state index contributed by atoms with van der Waals surface area (Å²) in [5.74, 6) is -0.138. The smallest absolute Gasteiger partial charge is 0.387 e. The summed E-state index contributed by atoms with van der Waals surface area (Å²) in [7, 11) is -4.15. The molecule has 0 bridgehead atoms. The third-order valence-electron chi connectivity index (χ3n) is 4.08. The Morgan fingerprint density at radius 2 is 1.85 bits per heavy atom. The Bertz CT molecular complexity index is 1310. The van der Waals surface area contributed by atoms with Crippen LogP contribution in [0.25, 0.3) is 0 Å². The Labute approximate surface area is 191 Å². The number of sulfonamides is 1. The molecule has 172 valence electrons. The molecule has 0 radical (unpaired) electrons. The van der Waals surface area contributed by atoms with Crippen LogP contribution in [0, 0.1) is 10.1 Å². The number of rotatable bonds is 9. The van der Waals surface area contributed by atoms with E-state index in [1.54, 1.807) is 12.1 Å². The van der Waals surface area contributed by atoms with E-state index in [4.69, 9.17) is 11.6 Å². The van der Waals surface area contributed by atoms with E-state index in [1.165, 1.54) is 36.4 Å². The molecule has 0 spiro atoms. The van der Waals surface area contributed by atoms with Crippen molar-refractivity contribution in [3.63, 3.8) is 0 Å². The van der Waals surface area contributed by atoms with Gasteiger partial charge in [-0.1, -0.05) is 29.8 Å². The summed E-state index contributed by atoms with van der Waals surface area (Å²) in [5, 5.41) is 15.6. The van der Waals surface area contributed by atoms with Gasteiger partial charge in [0.05, 0.1) is 21.7 Å². The number of hydrogen-bond donors (Lipinski definition) is 2. The molecular weight excluding hydrogens is 482 g/mol. The SMILES string of the molecule is O=[N+]([O-])c1cc(S(=O)(=O)Nc2cccc(Cl)c2)ccc1NN=Cc1ccccc1OC(F)F. The van der Waals surface area contributed by atoms with E-state index in [1.807, 2.05) is 0 Å². The van der Waals surface area contributed by atoms with Gasteiger partial charge < -0.3 is 4.74 Å². The molecule has 33 heavy (non-hydrogen) atoms. The average molecular weight is 497 g/mol. The number of hydrazone groups is 1. The van der Waals surface area contributed by atoms with E-state index in [0.29, 0.717) is 5.02 Å². The molecule has 0 fully saturated rings. The van der Waals surface area contributed by atoms with Crippen molar-refractivity contribution in [1.82, 2.24) is 0 Å². The topological polar surface area (TPSA) is 123 Å². The fourth-order valence-corrected chi connectivity index (χ4v) is 3.91. The monoisotopic (exact) mass is 496 g/mol.